The average molecular weight is 248 g/mol. The SMILES string of the molecule is CC(OC1CCC1)C(=O)Nc1ccccc1CN. The third kappa shape index (κ3) is 3.09. The monoisotopic (exact) mass is 248 g/mol. The van der Waals surface area contributed by atoms with Gasteiger partial charge in [-0.1, -0.05) is 18.2 Å². The second kappa shape index (κ2) is 5.98. The summed E-state index contributed by atoms with van der Waals surface area (Å²) in [5.74, 6) is -0.109. The highest BCUT2D eigenvalue weighted by Crippen LogP contribution is 2.23. The molecule has 98 valence electrons. The van der Waals surface area contributed by atoms with Gasteiger partial charge >= 0.3 is 0 Å². The number of carbonyl (C=O) groups is 1. The number of para-hydroxylation sites is 1. The van der Waals surface area contributed by atoms with Crippen molar-refractivity contribution in [2.24, 2.45) is 5.73 Å². The maximum Gasteiger partial charge on any atom is 0.253 e. The van der Waals surface area contributed by atoms with Gasteiger partial charge in [-0.25, -0.2) is 0 Å². The average Bonchev–Trinajstić information content (AvgIpc) is 2.34. The summed E-state index contributed by atoms with van der Waals surface area (Å²) in [5.41, 5.74) is 7.34. The van der Waals surface area contributed by atoms with Gasteiger partial charge in [-0.2, -0.15) is 0 Å². The Kier molecular flexibility index (Phi) is 4.33. The van der Waals surface area contributed by atoms with Crippen LogP contribution in [0.4, 0.5) is 5.69 Å². The van der Waals surface area contributed by atoms with Gasteiger partial charge in [0.1, 0.15) is 6.10 Å². The molecule has 18 heavy (non-hydrogen) atoms. The van der Waals surface area contributed by atoms with Gasteiger partial charge in [-0.3, -0.25) is 4.79 Å². The fraction of sp³-hybridized carbons (Fsp3) is 0.500. The van der Waals surface area contributed by atoms with Crippen molar-refractivity contribution in [2.75, 3.05) is 5.32 Å². The van der Waals surface area contributed by atoms with Crippen molar-refractivity contribution in [3.05, 3.63) is 29.8 Å². The second-order valence-electron chi connectivity index (χ2n) is 4.68. The van der Waals surface area contributed by atoms with Gasteiger partial charge < -0.3 is 15.8 Å². The summed E-state index contributed by atoms with van der Waals surface area (Å²) < 4.78 is 5.65. The van der Waals surface area contributed by atoms with Gasteiger partial charge in [-0.15, -0.1) is 0 Å². The molecule has 1 atom stereocenters. The molecule has 0 saturated heterocycles. The zero-order chi connectivity index (χ0) is 13.0. The molecule has 3 N–H and O–H groups in total. The number of benzene rings is 1. The lowest BCUT2D eigenvalue weighted by Gasteiger charge is -2.28. The molecule has 4 heteroatoms. The molecule has 1 saturated carbocycles. The molecule has 1 amide bonds. The van der Waals surface area contributed by atoms with E-state index in [1.54, 1.807) is 6.92 Å². The van der Waals surface area contributed by atoms with Crippen molar-refractivity contribution in [2.45, 2.75) is 44.9 Å². The number of nitrogens with one attached hydrogen (secondary N) is 1. The highest BCUT2D eigenvalue weighted by molar-refractivity contribution is 5.94. The summed E-state index contributed by atoms with van der Waals surface area (Å²) in [6.45, 7) is 2.20. The minimum atomic E-state index is -0.416. The van der Waals surface area contributed by atoms with Crippen LogP contribution in [0.3, 0.4) is 0 Å². The number of nitrogens with two attached hydrogens (primary N) is 1. The molecule has 0 aromatic heterocycles. The van der Waals surface area contributed by atoms with Gasteiger partial charge in [-0.05, 0) is 37.8 Å². The summed E-state index contributed by atoms with van der Waals surface area (Å²) in [6.07, 6.45) is 3.18. The Balaban J connectivity index is 1.92. The van der Waals surface area contributed by atoms with Crippen molar-refractivity contribution in [1.82, 2.24) is 0 Å². The van der Waals surface area contributed by atoms with Crippen molar-refractivity contribution in [3.8, 4) is 0 Å². The molecule has 1 aromatic rings. The molecule has 1 aliphatic carbocycles. The van der Waals surface area contributed by atoms with E-state index in [2.05, 4.69) is 5.32 Å². The Labute approximate surface area is 108 Å². The summed E-state index contributed by atoms with van der Waals surface area (Å²) in [7, 11) is 0. The van der Waals surface area contributed by atoms with E-state index in [1.807, 2.05) is 24.3 Å². The van der Waals surface area contributed by atoms with Crippen LogP contribution in [0.2, 0.25) is 0 Å². The maximum absolute atomic E-state index is 12.0. The molecule has 0 bridgehead atoms. The lowest BCUT2D eigenvalue weighted by Crippen LogP contribution is -2.34. The molecule has 0 aliphatic heterocycles. The molecule has 0 radical (unpaired) electrons. The third-order valence-corrected chi connectivity index (χ3v) is 3.31. The van der Waals surface area contributed by atoms with Crippen LogP contribution in [-0.4, -0.2) is 18.1 Å². The quantitative estimate of drug-likeness (QED) is 0.838. The first kappa shape index (κ1) is 13.1. The number of rotatable bonds is 5. The van der Waals surface area contributed by atoms with E-state index in [0.717, 1.165) is 24.1 Å². The smallest absolute Gasteiger partial charge is 0.253 e. The molecule has 0 heterocycles. The van der Waals surface area contributed by atoms with Crippen LogP contribution in [0.5, 0.6) is 0 Å². The maximum atomic E-state index is 12.0. The Hall–Kier alpha value is -1.39. The van der Waals surface area contributed by atoms with Crippen molar-refractivity contribution < 1.29 is 9.53 Å². The van der Waals surface area contributed by atoms with Crippen molar-refractivity contribution in [3.63, 3.8) is 0 Å². The van der Waals surface area contributed by atoms with Gasteiger partial charge in [0.05, 0.1) is 6.10 Å². The highest BCUT2D eigenvalue weighted by Gasteiger charge is 2.24. The second-order valence-corrected chi connectivity index (χ2v) is 4.68. The molecule has 2 rings (SSSR count). The third-order valence-electron chi connectivity index (χ3n) is 3.31. The number of anilines is 1. The van der Waals surface area contributed by atoms with E-state index in [4.69, 9.17) is 10.5 Å². The molecule has 1 aliphatic rings. The fourth-order valence-corrected chi connectivity index (χ4v) is 1.91. The summed E-state index contributed by atoms with van der Waals surface area (Å²) in [4.78, 5) is 12.0. The van der Waals surface area contributed by atoms with Crippen LogP contribution in [0.25, 0.3) is 0 Å². The molecule has 1 aromatic carbocycles. The Bertz CT molecular complexity index is 416. The van der Waals surface area contributed by atoms with Crippen LogP contribution in [0.1, 0.15) is 31.7 Å². The van der Waals surface area contributed by atoms with Crippen LogP contribution in [0.15, 0.2) is 24.3 Å². The first-order valence-electron chi connectivity index (χ1n) is 6.45. The minimum Gasteiger partial charge on any atom is -0.365 e. The van der Waals surface area contributed by atoms with Gasteiger partial charge in [0.25, 0.3) is 5.91 Å². The predicted molar refractivity (Wildman–Crippen MR) is 71.1 cm³/mol. The van der Waals surface area contributed by atoms with Crippen molar-refractivity contribution in [1.29, 1.82) is 0 Å². The molecular weight excluding hydrogens is 228 g/mol. The zero-order valence-corrected chi connectivity index (χ0v) is 10.7. The van der Waals surface area contributed by atoms with Crippen LogP contribution in [0, 0.1) is 0 Å². The lowest BCUT2D eigenvalue weighted by atomic mass is 9.96. The zero-order valence-electron chi connectivity index (χ0n) is 10.7. The molecule has 4 nitrogen and oxygen atoms in total. The van der Waals surface area contributed by atoms with Gasteiger partial charge in [0, 0.05) is 12.2 Å². The lowest BCUT2D eigenvalue weighted by molar-refractivity contribution is -0.133. The molecular formula is C14H20N2O2. The largest absolute Gasteiger partial charge is 0.365 e. The standard InChI is InChI=1S/C14H20N2O2/c1-10(18-12-6-4-7-12)14(17)16-13-8-3-2-5-11(13)9-15/h2-3,5,8,10,12H,4,6-7,9,15H2,1H3,(H,16,17). The van der Waals surface area contributed by atoms with Crippen molar-refractivity contribution >= 4 is 11.6 Å². The van der Waals surface area contributed by atoms with Crippen LogP contribution in [-0.2, 0) is 16.1 Å². The topological polar surface area (TPSA) is 64.3 Å². The van der Waals surface area contributed by atoms with Crippen LogP contribution < -0.4 is 11.1 Å². The number of hydrogen-bond donors (Lipinski definition) is 2. The predicted octanol–water partition coefficient (Wildman–Crippen LogP) is 2.04. The minimum absolute atomic E-state index is 0.109. The Morgan fingerprint density at radius 2 is 2.22 bits per heavy atom. The van der Waals surface area contributed by atoms with Crippen LogP contribution >= 0.6 is 0 Å². The summed E-state index contributed by atoms with van der Waals surface area (Å²) in [5, 5.41) is 2.87. The molecule has 0 spiro atoms. The summed E-state index contributed by atoms with van der Waals surface area (Å²) >= 11 is 0. The summed E-state index contributed by atoms with van der Waals surface area (Å²) in [6, 6.07) is 7.56. The van der Waals surface area contributed by atoms with E-state index >= 15 is 0 Å². The van der Waals surface area contributed by atoms with Gasteiger partial charge in [0.2, 0.25) is 0 Å². The van der Waals surface area contributed by atoms with E-state index < -0.39 is 6.10 Å². The first-order valence-corrected chi connectivity index (χ1v) is 6.45. The molecule has 1 unspecified atom stereocenters. The van der Waals surface area contributed by atoms with E-state index in [9.17, 15) is 4.79 Å². The highest BCUT2D eigenvalue weighted by atomic mass is 16.5. The Morgan fingerprint density at radius 1 is 1.50 bits per heavy atom. The number of ether oxygens (including phenoxy) is 1. The van der Waals surface area contributed by atoms with E-state index in [0.29, 0.717) is 6.54 Å². The number of hydrogen-bond acceptors (Lipinski definition) is 3. The normalized spacial score (nSPS) is 17.0. The van der Waals surface area contributed by atoms with E-state index in [1.165, 1.54) is 6.42 Å². The fourth-order valence-electron chi connectivity index (χ4n) is 1.91. The van der Waals surface area contributed by atoms with Gasteiger partial charge in [0.15, 0.2) is 0 Å². The molecule has 1 fully saturated rings. The number of carbonyl (C=O) groups excluding carboxylic acids is 1. The number of amides is 1. The first-order chi connectivity index (χ1) is 8.70. The Morgan fingerprint density at radius 3 is 2.83 bits per heavy atom. The van der Waals surface area contributed by atoms with E-state index in [-0.39, 0.29) is 12.0 Å².